The van der Waals surface area contributed by atoms with E-state index < -0.39 is 0 Å². The third kappa shape index (κ3) is 0.800. The molecular weight excluding hydrogens is 174 g/mol. The SMILES string of the molecule is NC1Cc2cccc(O)c2C12CCC2. The molecule has 2 aliphatic carbocycles. The Hall–Kier alpha value is -1.02. The zero-order valence-electron chi connectivity index (χ0n) is 8.16. The molecule has 2 nitrogen and oxygen atoms in total. The first-order valence-corrected chi connectivity index (χ1v) is 5.31. The van der Waals surface area contributed by atoms with E-state index in [1.807, 2.05) is 6.07 Å². The van der Waals surface area contributed by atoms with Crippen LogP contribution in [-0.2, 0) is 11.8 Å². The molecule has 14 heavy (non-hydrogen) atoms. The van der Waals surface area contributed by atoms with E-state index in [9.17, 15) is 5.11 Å². The molecule has 0 heterocycles. The van der Waals surface area contributed by atoms with Crippen molar-refractivity contribution in [1.82, 2.24) is 0 Å². The first-order chi connectivity index (χ1) is 6.74. The minimum atomic E-state index is 0.126. The van der Waals surface area contributed by atoms with E-state index in [4.69, 9.17) is 5.73 Å². The Morgan fingerprint density at radius 3 is 2.79 bits per heavy atom. The van der Waals surface area contributed by atoms with Gasteiger partial charge in [0, 0.05) is 17.0 Å². The summed E-state index contributed by atoms with van der Waals surface area (Å²) in [4.78, 5) is 0. The third-order valence-corrected chi connectivity index (χ3v) is 4.02. The molecule has 1 atom stereocenters. The number of phenolic OH excluding ortho intramolecular Hbond substituents is 1. The van der Waals surface area contributed by atoms with Gasteiger partial charge in [0.2, 0.25) is 0 Å². The molecule has 0 amide bonds. The van der Waals surface area contributed by atoms with Crippen molar-refractivity contribution in [3.8, 4) is 5.75 Å². The Bertz CT molecular complexity index is 382. The molecule has 2 heteroatoms. The van der Waals surface area contributed by atoms with Gasteiger partial charge in [0.15, 0.2) is 0 Å². The Kier molecular flexibility index (Phi) is 1.49. The molecule has 1 saturated carbocycles. The number of benzene rings is 1. The summed E-state index contributed by atoms with van der Waals surface area (Å²) in [6.45, 7) is 0. The maximum atomic E-state index is 9.89. The first-order valence-electron chi connectivity index (χ1n) is 5.31. The third-order valence-electron chi connectivity index (χ3n) is 4.02. The van der Waals surface area contributed by atoms with Crippen molar-refractivity contribution in [1.29, 1.82) is 0 Å². The molecule has 0 saturated heterocycles. The van der Waals surface area contributed by atoms with Crippen LogP contribution in [0.15, 0.2) is 18.2 Å². The average Bonchev–Trinajstić information content (AvgIpc) is 2.37. The van der Waals surface area contributed by atoms with Gasteiger partial charge in [-0.1, -0.05) is 18.6 Å². The minimum Gasteiger partial charge on any atom is -0.508 e. The van der Waals surface area contributed by atoms with E-state index in [-0.39, 0.29) is 11.5 Å². The van der Waals surface area contributed by atoms with E-state index in [1.165, 1.54) is 12.0 Å². The highest BCUT2D eigenvalue weighted by molar-refractivity contribution is 5.51. The Morgan fingerprint density at radius 1 is 1.36 bits per heavy atom. The predicted octanol–water partition coefficient (Wildman–Crippen LogP) is 1.70. The fraction of sp³-hybridized carbons (Fsp3) is 0.500. The fourth-order valence-corrected chi connectivity index (χ4v) is 3.13. The first kappa shape index (κ1) is 8.30. The van der Waals surface area contributed by atoms with Gasteiger partial charge in [0.25, 0.3) is 0 Å². The molecule has 0 aliphatic heterocycles. The van der Waals surface area contributed by atoms with Crippen LogP contribution in [-0.4, -0.2) is 11.1 Å². The van der Waals surface area contributed by atoms with Crippen LogP contribution in [0.1, 0.15) is 30.4 Å². The average molecular weight is 189 g/mol. The molecule has 1 spiro atoms. The van der Waals surface area contributed by atoms with Crippen LogP contribution in [0.25, 0.3) is 0 Å². The largest absolute Gasteiger partial charge is 0.508 e. The van der Waals surface area contributed by atoms with E-state index in [2.05, 4.69) is 6.07 Å². The minimum absolute atomic E-state index is 0.126. The number of nitrogens with two attached hydrogens (primary N) is 1. The van der Waals surface area contributed by atoms with E-state index in [1.54, 1.807) is 6.07 Å². The molecule has 3 N–H and O–H groups in total. The number of aromatic hydroxyl groups is 1. The van der Waals surface area contributed by atoms with Gasteiger partial charge in [0.05, 0.1) is 0 Å². The number of hydrogen-bond donors (Lipinski definition) is 2. The second-order valence-electron chi connectivity index (χ2n) is 4.63. The smallest absolute Gasteiger partial charge is 0.119 e. The highest BCUT2D eigenvalue weighted by atomic mass is 16.3. The molecule has 3 rings (SSSR count). The molecule has 74 valence electrons. The maximum absolute atomic E-state index is 9.89. The van der Waals surface area contributed by atoms with Crippen molar-refractivity contribution >= 4 is 0 Å². The predicted molar refractivity (Wildman–Crippen MR) is 55.3 cm³/mol. The molecule has 1 unspecified atom stereocenters. The lowest BCUT2D eigenvalue weighted by atomic mass is 9.63. The van der Waals surface area contributed by atoms with Crippen molar-refractivity contribution < 1.29 is 5.11 Å². The zero-order chi connectivity index (χ0) is 9.76. The molecule has 1 aromatic carbocycles. The maximum Gasteiger partial charge on any atom is 0.119 e. The number of hydrogen-bond acceptors (Lipinski definition) is 2. The monoisotopic (exact) mass is 189 g/mol. The second-order valence-corrected chi connectivity index (χ2v) is 4.63. The lowest BCUT2D eigenvalue weighted by molar-refractivity contribution is 0.208. The normalized spacial score (nSPS) is 27.4. The lowest BCUT2D eigenvalue weighted by Gasteiger charge is -2.43. The standard InChI is InChI=1S/C12H15NO/c13-10-7-8-3-1-4-9(14)11(8)12(10)5-2-6-12/h1,3-4,10,14H,2,5-7,13H2. The number of phenols is 1. The molecule has 1 aromatic rings. The van der Waals surface area contributed by atoms with Gasteiger partial charge in [-0.2, -0.15) is 0 Å². The van der Waals surface area contributed by atoms with Gasteiger partial charge in [-0.25, -0.2) is 0 Å². The van der Waals surface area contributed by atoms with Crippen LogP contribution in [0.5, 0.6) is 5.75 Å². The van der Waals surface area contributed by atoms with Crippen molar-refractivity contribution in [2.45, 2.75) is 37.1 Å². The molecule has 2 aliphatic rings. The highest BCUT2D eigenvalue weighted by Crippen LogP contribution is 2.54. The van der Waals surface area contributed by atoms with Crippen LogP contribution < -0.4 is 5.73 Å². The fourth-order valence-electron chi connectivity index (χ4n) is 3.13. The van der Waals surface area contributed by atoms with E-state index >= 15 is 0 Å². The van der Waals surface area contributed by atoms with Crippen LogP contribution in [0.2, 0.25) is 0 Å². The van der Waals surface area contributed by atoms with Gasteiger partial charge in [0.1, 0.15) is 5.75 Å². The summed E-state index contributed by atoms with van der Waals surface area (Å²) in [5.74, 6) is 0.454. The van der Waals surface area contributed by atoms with Crippen LogP contribution in [0.4, 0.5) is 0 Å². The van der Waals surface area contributed by atoms with Gasteiger partial charge < -0.3 is 10.8 Å². The van der Waals surface area contributed by atoms with Gasteiger partial charge in [-0.05, 0) is 30.9 Å². The lowest BCUT2D eigenvalue weighted by Crippen LogP contribution is -2.47. The van der Waals surface area contributed by atoms with Crippen LogP contribution >= 0.6 is 0 Å². The summed E-state index contributed by atoms with van der Waals surface area (Å²) in [5.41, 5.74) is 8.72. The van der Waals surface area contributed by atoms with Crippen LogP contribution in [0.3, 0.4) is 0 Å². The van der Waals surface area contributed by atoms with E-state index in [0.717, 1.165) is 24.8 Å². The van der Waals surface area contributed by atoms with Crippen molar-refractivity contribution in [3.63, 3.8) is 0 Å². The Balaban J connectivity index is 2.20. The summed E-state index contributed by atoms with van der Waals surface area (Å²) < 4.78 is 0. The molecule has 1 fully saturated rings. The van der Waals surface area contributed by atoms with Gasteiger partial charge >= 0.3 is 0 Å². The summed E-state index contributed by atoms with van der Waals surface area (Å²) in [6.07, 6.45) is 4.49. The molecular formula is C12H15NO. The molecule has 0 aromatic heterocycles. The molecule has 0 bridgehead atoms. The van der Waals surface area contributed by atoms with E-state index in [0.29, 0.717) is 5.75 Å². The second kappa shape index (κ2) is 2.51. The zero-order valence-corrected chi connectivity index (χ0v) is 8.16. The summed E-state index contributed by atoms with van der Waals surface area (Å²) >= 11 is 0. The highest BCUT2D eigenvalue weighted by Gasteiger charge is 2.50. The number of fused-ring (bicyclic) bond motifs is 2. The van der Waals surface area contributed by atoms with Crippen LogP contribution in [0, 0.1) is 0 Å². The number of rotatable bonds is 0. The topological polar surface area (TPSA) is 46.2 Å². The van der Waals surface area contributed by atoms with Crippen molar-refractivity contribution in [2.24, 2.45) is 5.73 Å². The summed E-state index contributed by atoms with van der Waals surface area (Å²) in [5, 5.41) is 9.89. The van der Waals surface area contributed by atoms with Crippen molar-refractivity contribution in [3.05, 3.63) is 29.3 Å². The summed E-state index contributed by atoms with van der Waals surface area (Å²) in [6, 6.07) is 6.02. The molecule has 0 radical (unpaired) electrons. The van der Waals surface area contributed by atoms with Gasteiger partial charge in [-0.3, -0.25) is 0 Å². The Labute approximate surface area is 83.7 Å². The quantitative estimate of drug-likeness (QED) is 0.652. The van der Waals surface area contributed by atoms with Gasteiger partial charge in [-0.15, -0.1) is 0 Å². The Morgan fingerprint density at radius 2 is 2.14 bits per heavy atom. The summed E-state index contributed by atoms with van der Waals surface area (Å²) in [7, 11) is 0. The van der Waals surface area contributed by atoms with Crippen molar-refractivity contribution in [2.75, 3.05) is 0 Å².